The number of hydrogen-bond donors (Lipinski definition) is 1. The third kappa shape index (κ3) is 4.19. The maximum Gasteiger partial charge on any atom is 0.416 e. The van der Waals surface area contributed by atoms with Crippen molar-refractivity contribution in [1.29, 1.82) is 0 Å². The van der Waals surface area contributed by atoms with Crippen LogP contribution in [0.15, 0.2) is 36.7 Å². The van der Waals surface area contributed by atoms with Crippen LogP contribution in [0.2, 0.25) is 0 Å². The van der Waals surface area contributed by atoms with E-state index >= 15 is 0 Å². The Hall–Kier alpha value is -2.35. The van der Waals surface area contributed by atoms with Crippen molar-refractivity contribution < 1.29 is 23.1 Å². The highest BCUT2D eigenvalue weighted by atomic mass is 19.4. The van der Waals surface area contributed by atoms with Crippen LogP contribution in [0.1, 0.15) is 29.5 Å². The number of carbonyl (C=O) groups is 1. The Balaban J connectivity index is 1.63. The topological polar surface area (TPSA) is 58.4 Å². The molecule has 1 saturated heterocycles. The fourth-order valence-electron chi connectivity index (χ4n) is 3.09. The van der Waals surface area contributed by atoms with Gasteiger partial charge in [0.15, 0.2) is 0 Å². The Morgan fingerprint density at radius 1 is 1.20 bits per heavy atom. The highest BCUT2D eigenvalue weighted by Crippen LogP contribution is 2.29. The van der Waals surface area contributed by atoms with Gasteiger partial charge >= 0.3 is 12.1 Å². The van der Waals surface area contributed by atoms with Gasteiger partial charge in [-0.2, -0.15) is 18.3 Å². The summed E-state index contributed by atoms with van der Waals surface area (Å²) in [6.45, 7) is 1.60. The van der Waals surface area contributed by atoms with E-state index in [9.17, 15) is 23.1 Å². The first-order valence-corrected chi connectivity index (χ1v) is 7.97. The van der Waals surface area contributed by atoms with Gasteiger partial charge in [0.25, 0.3) is 0 Å². The molecule has 0 radical (unpaired) electrons. The molecule has 0 bridgehead atoms. The van der Waals surface area contributed by atoms with Crippen molar-refractivity contribution in [3.63, 3.8) is 0 Å². The fourth-order valence-corrected chi connectivity index (χ4v) is 3.09. The second-order valence-electron chi connectivity index (χ2n) is 6.21. The summed E-state index contributed by atoms with van der Waals surface area (Å²) in [6, 6.07) is 4.53. The summed E-state index contributed by atoms with van der Waals surface area (Å²) in [5.74, 6) is -0.811. The van der Waals surface area contributed by atoms with E-state index in [4.69, 9.17) is 0 Å². The molecule has 134 valence electrons. The van der Waals surface area contributed by atoms with Crippen molar-refractivity contribution in [3.05, 3.63) is 53.3 Å². The van der Waals surface area contributed by atoms with Crippen LogP contribution >= 0.6 is 0 Å². The van der Waals surface area contributed by atoms with Gasteiger partial charge in [-0.05, 0) is 37.1 Å². The Labute approximate surface area is 142 Å². The summed E-state index contributed by atoms with van der Waals surface area (Å²) in [5.41, 5.74) is 0.929. The van der Waals surface area contributed by atoms with Gasteiger partial charge in [-0.25, -0.2) is 0 Å². The molecule has 0 spiro atoms. The van der Waals surface area contributed by atoms with Gasteiger partial charge in [-0.3, -0.25) is 14.4 Å². The molecule has 0 amide bonds. The number of likely N-dealkylation sites (tertiary alicyclic amines) is 1. The molecule has 3 rings (SSSR count). The molecule has 1 aromatic heterocycles. The number of nitrogens with zero attached hydrogens (tertiary/aromatic N) is 3. The zero-order valence-electron chi connectivity index (χ0n) is 13.4. The zero-order chi connectivity index (χ0) is 18.0. The molecule has 0 unspecified atom stereocenters. The third-order valence-corrected chi connectivity index (χ3v) is 4.35. The van der Waals surface area contributed by atoms with Crippen LogP contribution in [0, 0.1) is 0 Å². The molecular formula is C17H18F3N3O2. The molecule has 1 N–H and O–H groups in total. The van der Waals surface area contributed by atoms with E-state index < -0.39 is 23.8 Å². The van der Waals surface area contributed by atoms with E-state index in [-0.39, 0.29) is 0 Å². The second-order valence-corrected chi connectivity index (χ2v) is 6.21. The highest BCUT2D eigenvalue weighted by molar-refractivity contribution is 5.73. The lowest BCUT2D eigenvalue weighted by Crippen LogP contribution is -2.35. The Bertz CT molecular complexity index is 740. The second kappa shape index (κ2) is 6.87. The SMILES string of the molecule is O=C(O)[C@H]1CCCN1Cc1cnn(Cc2ccc(C(F)(F)F)cc2)c1. The minimum atomic E-state index is -4.34. The van der Waals surface area contributed by atoms with E-state index in [2.05, 4.69) is 5.10 Å². The molecule has 5 nitrogen and oxygen atoms in total. The third-order valence-electron chi connectivity index (χ3n) is 4.35. The van der Waals surface area contributed by atoms with E-state index in [0.717, 1.165) is 30.7 Å². The van der Waals surface area contributed by atoms with Crippen LogP contribution < -0.4 is 0 Å². The molecular weight excluding hydrogens is 335 g/mol. The molecule has 0 saturated carbocycles. The number of alkyl halides is 3. The number of carboxylic acids is 1. The van der Waals surface area contributed by atoms with Crippen LogP contribution in [-0.2, 0) is 24.1 Å². The van der Waals surface area contributed by atoms with Crippen molar-refractivity contribution in [3.8, 4) is 0 Å². The molecule has 1 aromatic carbocycles. The highest BCUT2D eigenvalue weighted by Gasteiger charge is 2.31. The maximum atomic E-state index is 12.6. The number of rotatable bonds is 5. The predicted octanol–water partition coefficient (Wildman–Crippen LogP) is 3.00. The van der Waals surface area contributed by atoms with Crippen molar-refractivity contribution >= 4 is 5.97 Å². The van der Waals surface area contributed by atoms with Crippen molar-refractivity contribution in [2.75, 3.05) is 6.54 Å². The number of aliphatic carboxylic acids is 1. The van der Waals surface area contributed by atoms with E-state index in [1.165, 1.54) is 12.1 Å². The molecule has 1 aliphatic rings. The molecule has 8 heteroatoms. The van der Waals surface area contributed by atoms with Crippen molar-refractivity contribution in [1.82, 2.24) is 14.7 Å². The van der Waals surface area contributed by atoms with Crippen LogP contribution in [0.25, 0.3) is 0 Å². The summed E-state index contributed by atoms with van der Waals surface area (Å²) in [7, 11) is 0. The monoisotopic (exact) mass is 353 g/mol. The minimum absolute atomic E-state index is 0.362. The van der Waals surface area contributed by atoms with Crippen LogP contribution in [0.3, 0.4) is 0 Å². The quantitative estimate of drug-likeness (QED) is 0.898. The summed E-state index contributed by atoms with van der Waals surface area (Å²) in [6.07, 6.45) is 0.635. The number of halogens is 3. The van der Waals surface area contributed by atoms with Crippen LogP contribution in [0.4, 0.5) is 13.2 Å². The lowest BCUT2D eigenvalue weighted by atomic mass is 10.1. The number of aromatic nitrogens is 2. The predicted molar refractivity (Wildman–Crippen MR) is 83.8 cm³/mol. The fraction of sp³-hybridized carbons (Fsp3) is 0.412. The maximum absolute atomic E-state index is 12.6. The lowest BCUT2D eigenvalue weighted by Gasteiger charge is -2.19. The van der Waals surface area contributed by atoms with Crippen molar-refractivity contribution in [2.24, 2.45) is 0 Å². The molecule has 0 aliphatic carbocycles. The number of hydrogen-bond acceptors (Lipinski definition) is 3. The van der Waals surface area contributed by atoms with Gasteiger partial charge in [-0.15, -0.1) is 0 Å². The van der Waals surface area contributed by atoms with Crippen molar-refractivity contribution in [2.45, 2.75) is 38.1 Å². The van der Waals surface area contributed by atoms with Crippen LogP contribution in [0.5, 0.6) is 0 Å². The first kappa shape index (κ1) is 17.5. The summed E-state index contributed by atoms with van der Waals surface area (Å²) in [4.78, 5) is 13.1. The minimum Gasteiger partial charge on any atom is -0.480 e. The summed E-state index contributed by atoms with van der Waals surface area (Å²) in [5, 5.41) is 13.4. The average Bonchev–Trinajstić information content (AvgIpc) is 3.17. The first-order valence-electron chi connectivity index (χ1n) is 7.97. The van der Waals surface area contributed by atoms with Gasteiger partial charge in [0.05, 0.1) is 18.3 Å². The largest absolute Gasteiger partial charge is 0.480 e. The van der Waals surface area contributed by atoms with Crippen LogP contribution in [-0.4, -0.2) is 38.3 Å². The lowest BCUT2D eigenvalue weighted by molar-refractivity contribution is -0.142. The summed E-state index contributed by atoms with van der Waals surface area (Å²) >= 11 is 0. The zero-order valence-corrected chi connectivity index (χ0v) is 13.4. The Kier molecular flexibility index (Phi) is 4.80. The Morgan fingerprint density at radius 3 is 2.56 bits per heavy atom. The molecule has 1 atom stereocenters. The molecule has 2 aromatic rings. The summed E-state index contributed by atoms with van der Waals surface area (Å²) < 4.78 is 39.3. The molecule has 1 fully saturated rings. The average molecular weight is 353 g/mol. The first-order chi connectivity index (χ1) is 11.8. The standard InChI is InChI=1S/C17H18F3N3O2/c18-17(19,20)14-5-3-12(4-6-14)10-23-11-13(8-21-23)9-22-7-1-2-15(22)16(24)25/h3-6,8,11,15H,1-2,7,9-10H2,(H,24,25)/t15-/m1/s1. The van der Waals surface area contributed by atoms with Gasteiger partial charge in [0.2, 0.25) is 0 Å². The number of carboxylic acid groups (broad SMARTS) is 1. The van der Waals surface area contributed by atoms with E-state index in [0.29, 0.717) is 25.1 Å². The van der Waals surface area contributed by atoms with E-state index in [1.54, 1.807) is 17.1 Å². The molecule has 1 aliphatic heterocycles. The number of benzene rings is 1. The molecule has 2 heterocycles. The van der Waals surface area contributed by atoms with Gasteiger partial charge < -0.3 is 5.11 Å². The molecule has 25 heavy (non-hydrogen) atoms. The smallest absolute Gasteiger partial charge is 0.416 e. The normalized spacial score (nSPS) is 18.6. The van der Waals surface area contributed by atoms with Gasteiger partial charge in [0.1, 0.15) is 6.04 Å². The van der Waals surface area contributed by atoms with E-state index in [1.807, 2.05) is 4.90 Å². The van der Waals surface area contributed by atoms with Gasteiger partial charge in [-0.1, -0.05) is 12.1 Å². The van der Waals surface area contributed by atoms with Gasteiger partial charge in [0, 0.05) is 18.3 Å². The Morgan fingerprint density at radius 2 is 1.92 bits per heavy atom.